The van der Waals surface area contributed by atoms with Gasteiger partial charge in [-0.25, -0.2) is 9.31 Å². The summed E-state index contributed by atoms with van der Waals surface area (Å²) in [5.74, 6) is -0.115. The number of carbonyl (C=O) groups is 3. The van der Waals surface area contributed by atoms with Crippen molar-refractivity contribution in [2.75, 3.05) is 36.5 Å². The lowest BCUT2D eigenvalue weighted by Crippen LogP contribution is -2.49. The predicted octanol–water partition coefficient (Wildman–Crippen LogP) is 5.12. The lowest BCUT2D eigenvalue weighted by Gasteiger charge is -2.31. The van der Waals surface area contributed by atoms with Crippen LogP contribution in [0.3, 0.4) is 0 Å². The van der Waals surface area contributed by atoms with Crippen molar-refractivity contribution in [3.63, 3.8) is 0 Å². The number of ether oxygens (including phenoxy) is 1. The van der Waals surface area contributed by atoms with Gasteiger partial charge in [0.1, 0.15) is 11.1 Å². The normalized spacial score (nSPS) is 16.4. The number of benzene rings is 1. The topological polar surface area (TPSA) is 171 Å². The molecular weight excluding hydrogens is 693 g/mol. The molecule has 0 unspecified atom stereocenters. The molecule has 8 rings (SSSR count). The summed E-state index contributed by atoms with van der Waals surface area (Å²) in [6.45, 7) is 2.97. The lowest BCUT2D eigenvalue weighted by molar-refractivity contribution is -0.132. The summed E-state index contributed by atoms with van der Waals surface area (Å²) in [4.78, 5) is 45.3. The summed E-state index contributed by atoms with van der Waals surface area (Å²) in [6.07, 6.45) is 8.97. The van der Waals surface area contributed by atoms with E-state index in [1.165, 1.54) is 0 Å². The summed E-state index contributed by atoms with van der Waals surface area (Å²) >= 11 is 1.55. The highest BCUT2D eigenvalue weighted by Crippen LogP contribution is 2.35. The number of nitrogens with zero attached hydrogens (tertiary/aromatic N) is 8. The van der Waals surface area contributed by atoms with Crippen molar-refractivity contribution in [2.45, 2.75) is 64.0 Å². The maximum atomic E-state index is 13.2. The Balaban J connectivity index is 0.889. The monoisotopic (exact) mass is 730 g/mol. The predicted molar refractivity (Wildman–Crippen MR) is 198 cm³/mol. The molecule has 5 aromatic rings. The number of aromatic nitrogens is 5. The first-order valence-corrected chi connectivity index (χ1v) is 18.8. The van der Waals surface area contributed by atoms with Gasteiger partial charge in [0.25, 0.3) is 0 Å². The maximum absolute atomic E-state index is 13.2. The van der Waals surface area contributed by atoms with Crippen LogP contribution in [0.25, 0.3) is 27.5 Å². The Labute approximate surface area is 309 Å². The van der Waals surface area contributed by atoms with E-state index in [0.717, 1.165) is 93.5 Å². The molecule has 1 aromatic carbocycles. The van der Waals surface area contributed by atoms with E-state index in [1.54, 1.807) is 33.0 Å². The van der Waals surface area contributed by atoms with Gasteiger partial charge in [0.15, 0.2) is 5.01 Å². The average Bonchev–Trinajstić information content (AvgIpc) is 3.83. The summed E-state index contributed by atoms with van der Waals surface area (Å²) in [5.41, 5.74) is 7.69. The van der Waals surface area contributed by atoms with Gasteiger partial charge in [-0.1, -0.05) is 17.4 Å². The number of urea groups is 1. The molecule has 4 aromatic heterocycles. The zero-order chi connectivity index (χ0) is 36.3. The van der Waals surface area contributed by atoms with Crippen molar-refractivity contribution in [2.24, 2.45) is 0 Å². The van der Waals surface area contributed by atoms with Crippen molar-refractivity contribution in [3.05, 3.63) is 76.6 Å². The van der Waals surface area contributed by atoms with Crippen LogP contribution < -0.4 is 15.5 Å². The Morgan fingerprint density at radius 2 is 1.91 bits per heavy atom. The minimum absolute atomic E-state index is 0.137. The van der Waals surface area contributed by atoms with Crippen molar-refractivity contribution in [1.29, 1.82) is 5.26 Å². The van der Waals surface area contributed by atoms with Crippen LogP contribution in [0, 0.1) is 11.3 Å². The molecule has 0 spiro atoms. The molecule has 0 saturated carbocycles. The highest BCUT2D eigenvalue weighted by atomic mass is 32.1. The minimum Gasteiger partial charge on any atom is -0.381 e. The van der Waals surface area contributed by atoms with Crippen molar-refractivity contribution in [1.82, 2.24) is 35.0 Å². The second-order valence-electron chi connectivity index (χ2n) is 13.5. The molecule has 7 heterocycles. The molecular formula is C38H38N10O4S. The number of nitrogens with one attached hydrogen (secondary N) is 2. The molecule has 270 valence electrons. The Morgan fingerprint density at radius 1 is 1.02 bits per heavy atom. The molecule has 15 heteroatoms. The number of imide groups is 1. The largest absolute Gasteiger partial charge is 0.381 e. The van der Waals surface area contributed by atoms with Crippen molar-refractivity contribution in [3.8, 4) is 28.0 Å². The molecule has 0 atom stereocenters. The van der Waals surface area contributed by atoms with E-state index in [2.05, 4.69) is 32.0 Å². The fourth-order valence-corrected chi connectivity index (χ4v) is 8.01. The molecule has 2 N–H and O–H groups in total. The van der Waals surface area contributed by atoms with E-state index in [4.69, 9.17) is 9.72 Å². The van der Waals surface area contributed by atoms with Crippen LogP contribution in [0.5, 0.6) is 0 Å². The van der Waals surface area contributed by atoms with Gasteiger partial charge in [-0.3, -0.25) is 24.8 Å². The van der Waals surface area contributed by atoms with E-state index in [-0.39, 0.29) is 24.3 Å². The first-order chi connectivity index (χ1) is 25.9. The second-order valence-corrected chi connectivity index (χ2v) is 14.6. The van der Waals surface area contributed by atoms with E-state index in [9.17, 15) is 19.6 Å². The Hall–Kier alpha value is -5.72. The van der Waals surface area contributed by atoms with E-state index in [1.807, 2.05) is 47.5 Å². The number of nitriles is 1. The fraction of sp³-hybridized carbons (Fsp3) is 0.368. The third kappa shape index (κ3) is 7.46. The third-order valence-electron chi connectivity index (χ3n) is 10.0. The third-order valence-corrected chi connectivity index (χ3v) is 11.0. The summed E-state index contributed by atoms with van der Waals surface area (Å²) in [7, 11) is 0. The standard InChI is InChI=1S/C38H38N10O4S/c39-20-24-17-29-7-8-33(48(29)41-21-24)32-19-31(42-27-11-15-52-16-12-27)30(22-40-32)37-45-44-35(53-37)3-1-2-4-36(50)46-13-9-25-18-28(6-5-26(25)23-46)47-14-10-34(49)43-38(47)51/h5-8,17-19,21-22,27H,1-4,9-16,23H2,(H,40,42)(H,43,49,51). The average molecular weight is 731 g/mol. The number of anilines is 2. The SMILES string of the molecule is N#Cc1cnn2c(-c3cc(NC4CCOCC4)c(-c4nnc(CCCCC(=O)N5CCc6cc(N7CCC(=O)NC7=O)ccc6C5)s4)cn3)ccc2c1. The van der Waals surface area contributed by atoms with Gasteiger partial charge < -0.3 is 15.0 Å². The number of hydrogen-bond donors (Lipinski definition) is 2. The van der Waals surface area contributed by atoms with Gasteiger partial charge >= 0.3 is 6.03 Å². The molecule has 2 fully saturated rings. The van der Waals surface area contributed by atoms with Crippen LogP contribution >= 0.6 is 11.3 Å². The number of aryl methyl sites for hydroxylation is 1. The van der Waals surface area contributed by atoms with Crippen LogP contribution in [0.2, 0.25) is 0 Å². The number of fused-ring (bicyclic) bond motifs is 2. The molecule has 0 bridgehead atoms. The van der Waals surface area contributed by atoms with E-state index >= 15 is 0 Å². The van der Waals surface area contributed by atoms with Crippen LogP contribution in [-0.4, -0.2) is 79.9 Å². The summed E-state index contributed by atoms with van der Waals surface area (Å²) in [6, 6.07) is 15.6. The smallest absolute Gasteiger partial charge is 0.328 e. The minimum atomic E-state index is -0.394. The summed E-state index contributed by atoms with van der Waals surface area (Å²) in [5, 5.41) is 30.6. The quantitative estimate of drug-likeness (QED) is 0.184. The molecule has 14 nitrogen and oxygen atoms in total. The molecule has 3 aliphatic heterocycles. The van der Waals surface area contributed by atoms with Gasteiger partial charge in [0.2, 0.25) is 11.8 Å². The highest BCUT2D eigenvalue weighted by molar-refractivity contribution is 7.14. The molecule has 53 heavy (non-hydrogen) atoms. The number of hydrogen-bond acceptors (Lipinski definition) is 11. The number of amides is 4. The Bertz CT molecular complexity index is 2240. The zero-order valence-electron chi connectivity index (χ0n) is 29.1. The number of pyridine rings is 1. The Kier molecular flexibility index (Phi) is 9.79. The summed E-state index contributed by atoms with van der Waals surface area (Å²) < 4.78 is 7.38. The molecule has 2 saturated heterocycles. The number of rotatable bonds is 10. The van der Waals surface area contributed by atoms with Gasteiger partial charge in [0, 0.05) is 75.7 Å². The number of unbranched alkanes of at least 4 members (excludes halogenated alkanes) is 1. The van der Waals surface area contributed by atoms with Crippen LogP contribution in [-0.2, 0) is 33.7 Å². The Morgan fingerprint density at radius 3 is 2.75 bits per heavy atom. The second kappa shape index (κ2) is 15.1. The van der Waals surface area contributed by atoms with Crippen LogP contribution in [0.4, 0.5) is 16.2 Å². The number of carbonyl (C=O) groups excluding carboxylic acids is 3. The van der Waals surface area contributed by atoms with E-state index < -0.39 is 6.03 Å². The molecule has 0 aliphatic carbocycles. The van der Waals surface area contributed by atoms with Gasteiger partial charge in [-0.05, 0) is 79.6 Å². The lowest BCUT2D eigenvalue weighted by atomic mass is 9.98. The van der Waals surface area contributed by atoms with Gasteiger partial charge in [0.05, 0.1) is 34.2 Å². The highest BCUT2D eigenvalue weighted by Gasteiger charge is 2.27. The first kappa shape index (κ1) is 34.4. The van der Waals surface area contributed by atoms with Crippen molar-refractivity contribution < 1.29 is 19.1 Å². The fourth-order valence-electron chi connectivity index (χ4n) is 7.11. The molecule has 4 amide bonds. The molecule has 0 radical (unpaired) electrons. The molecule has 3 aliphatic rings. The van der Waals surface area contributed by atoms with Gasteiger partial charge in [-0.2, -0.15) is 10.4 Å². The van der Waals surface area contributed by atoms with Crippen LogP contribution in [0.1, 0.15) is 60.2 Å². The van der Waals surface area contributed by atoms with Gasteiger partial charge in [-0.15, -0.1) is 10.2 Å². The van der Waals surface area contributed by atoms with Crippen molar-refractivity contribution >= 4 is 46.1 Å². The maximum Gasteiger partial charge on any atom is 0.328 e. The van der Waals surface area contributed by atoms with Crippen LogP contribution in [0.15, 0.2) is 54.9 Å². The first-order valence-electron chi connectivity index (χ1n) is 18.0. The zero-order valence-corrected chi connectivity index (χ0v) is 29.9. The van der Waals surface area contributed by atoms with E-state index in [0.29, 0.717) is 44.8 Å².